The average Bonchev–Trinajstić information content (AvgIpc) is 2.51. The quantitative estimate of drug-likeness (QED) is 0.641. The smallest absolute Gasteiger partial charge is 0.407 e. The van der Waals surface area contributed by atoms with Crippen LogP contribution in [0.4, 0.5) is 4.79 Å². The van der Waals surface area contributed by atoms with Gasteiger partial charge in [-0.25, -0.2) is 4.79 Å². The van der Waals surface area contributed by atoms with Crippen LogP contribution in [0.2, 0.25) is 11.6 Å². The summed E-state index contributed by atoms with van der Waals surface area (Å²) in [6.45, 7) is 14.9. The fraction of sp³-hybridized carbons (Fsp3) is 0.667. The van der Waals surface area contributed by atoms with Crippen molar-refractivity contribution in [3.05, 3.63) is 35.9 Å². The molecule has 0 bridgehead atoms. The third-order valence-corrected chi connectivity index (χ3v) is 9.66. The summed E-state index contributed by atoms with van der Waals surface area (Å²) in [4.78, 5) is 12.1. The van der Waals surface area contributed by atoms with E-state index in [0.29, 0.717) is 12.7 Å². The van der Waals surface area contributed by atoms with Crippen LogP contribution in [0.25, 0.3) is 0 Å². The van der Waals surface area contributed by atoms with Crippen molar-refractivity contribution in [3.8, 4) is 0 Å². The molecule has 0 spiro atoms. The lowest BCUT2D eigenvalue weighted by molar-refractivity contribution is 0.0529. The zero-order valence-corrected chi connectivity index (χ0v) is 19.1. The lowest BCUT2D eigenvalue weighted by Crippen LogP contribution is -2.56. The standard InChI is InChI=1S/C21H38N2O3Si/c1-20(2,3)25-19(24)23-16-27(7,21(4,5)6)26-18(13-14-22)15-17-11-9-8-10-12-17/h8-12,18H,13-16,22H2,1-7H3,(H,23,24)/t18-,27+/m1/s1. The minimum absolute atomic E-state index is 0.0359. The molecule has 0 aromatic heterocycles. The van der Waals surface area contributed by atoms with Crippen molar-refractivity contribution in [1.29, 1.82) is 0 Å². The van der Waals surface area contributed by atoms with Gasteiger partial charge in [-0.1, -0.05) is 51.1 Å². The first-order valence-electron chi connectivity index (χ1n) is 9.75. The molecule has 0 heterocycles. The first kappa shape index (κ1) is 23.7. The molecule has 3 N–H and O–H groups in total. The Bertz CT molecular complexity index is 581. The van der Waals surface area contributed by atoms with E-state index < -0.39 is 20.0 Å². The molecule has 27 heavy (non-hydrogen) atoms. The summed E-state index contributed by atoms with van der Waals surface area (Å²) in [5, 5.41) is 2.89. The van der Waals surface area contributed by atoms with Gasteiger partial charge in [0.05, 0.1) is 6.10 Å². The molecule has 0 aliphatic rings. The number of carbonyl (C=O) groups is 1. The zero-order valence-electron chi connectivity index (χ0n) is 18.1. The van der Waals surface area contributed by atoms with E-state index >= 15 is 0 Å². The van der Waals surface area contributed by atoms with E-state index in [4.69, 9.17) is 14.9 Å². The lowest BCUT2D eigenvalue weighted by Gasteiger charge is -2.42. The van der Waals surface area contributed by atoms with Gasteiger partial charge in [-0.3, -0.25) is 0 Å². The number of hydrogen-bond donors (Lipinski definition) is 2. The summed E-state index contributed by atoms with van der Waals surface area (Å²) in [5.41, 5.74) is 6.57. The Kier molecular flexibility index (Phi) is 8.51. The minimum atomic E-state index is -2.31. The molecule has 0 unspecified atom stereocenters. The van der Waals surface area contributed by atoms with Crippen LogP contribution < -0.4 is 11.1 Å². The maximum atomic E-state index is 12.1. The van der Waals surface area contributed by atoms with Crippen LogP contribution in [0.1, 0.15) is 53.5 Å². The number of rotatable bonds is 8. The van der Waals surface area contributed by atoms with Crippen molar-refractivity contribution in [3.63, 3.8) is 0 Å². The predicted molar refractivity (Wildman–Crippen MR) is 114 cm³/mol. The maximum Gasteiger partial charge on any atom is 0.407 e. The third kappa shape index (κ3) is 8.45. The van der Waals surface area contributed by atoms with Crippen molar-refractivity contribution < 1.29 is 14.0 Å². The molecule has 5 nitrogen and oxygen atoms in total. The van der Waals surface area contributed by atoms with Crippen LogP contribution in [0.15, 0.2) is 30.3 Å². The summed E-state index contributed by atoms with van der Waals surface area (Å²) < 4.78 is 12.1. The first-order valence-corrected chi connectivity index (χ1v) is 12.4. The maximum absolute atomic E-state index is 12.1. The first-order chi connectivity index (χ1) is 12.4. The van der Waals surface area contributed by atoms with E-state index in [1.165, 1.54) is 5.56 Å². The van der Waals surface area contributed by atoms with Gasteiger partial charge in [-0.15, -0.1) is 0 Å². The second-order valence-electron chi connectivity index (χ2n) is 9.34. The second-order valence-corrected chi connectivity index (χ2v) is 13.9. The van der Waals surface area contributed by atoms with Crippen LogP contribution in [-0.4, -0.2) is 38.8 Å². The number of carbonyl (C=O) groups excluding carboxylic acids is 1. The molecule has 0 fully saturated rings. The zero-order chi connectivity index (χ0) is 20.7. The van der Waals surface area contributed by atoms with Gasteiger partial charge in [-0.2, -0.15) is 0 Å². The summed E-state index contributed by atoms with van der Waals surface area (Å²) in [6.07, 6.45) is 1.76. The fourth-order valence-electron chi connectivity index (χ4n) is 2.67. The van der Waals surface area contributed by atoms with Crippen LogP contribution in [0.5, 0.6) is 0 Å². The van der Waals surface area contributed by atoms with Crippen LogP contribution >= 0.6 is 0 Å². The van der Waals surface area contributed by atoms with Crippen LogP contribution in [0, 0.1) is 0 Å². The van der Waals surface area contributed by atoms with Crippen LogP contribution in [-0.2, 0) is 15.6 Å². The van der Waals surface area contributed by atoms with Gasteiger partial charge in [-0.05, 0) is 57.3 Å². The number of alkyl carbamates (subject to hydrolysis) is 1. The van der Waals surface area contributed by atoms with E-state index in [1.807, 2.05) is 39.0 Å². The van der Waals surface area contributed by atoms with Gasteiger partial charge < -0.3 is 20.2 Å². The number of benzene rings is 1. The molecule has 1 rings (SSSR count). The van der Waals surface area contributed by atoms with E-state index in [0.717, 1.165) is 12.8 Å². The monoisotopic (exact) mass is 394 g/mol. The lowest BCUT2D eigenvalue weighted by atomic mass is 10.1. The molecular formula is C21H38N2O3Si. The second kappa shape index (κ2) is 9.71. The molecule has 154 valence electrons. The molecular weight excluding hydrogens is 356 g/mol. The van der Waals surface area contributed by atoms with Crippen molar-refractivity contribution in [2.45, 2.75) is 77.7 Å². The normalized spacial score (nSPS) is 15.7. The molecule has 0 aliphatic carbocycles. The van der Waals surface area contributed by atoms with E-state index in [1.54, 1.807) is 0 Å². The summed E-state index contributed by atoms with van der Waals surface area (Å²) in [5.74, 6) is 0. The minimum Gasteiger partial charge on any atom is -0.444 e. The Balaban J connectivity index is 2.87. The Morgan fingerprint density at radius 1 is 1.15 bits per heavy atom. The van der Waals surface area contributed by atoms with Gasteiger partial charge in [0, 0.05) is 6.17 Å². The molecule has 0 saturated heterocycles. The number of nitrogens with two attached hydrogens (primary N) is 1. The molecule has 1 amide bonds. The van der Waals surface area contributed by atoms with Crippen molar-refractivity contribution >= 4 is 14.4 Å². The van der Waals surface area contributed by atoms with Crippen molar-refractivity contribution in [2.75, 3.05) is 12.7 Å². The average molecular weight is 395 g/mol. The van der Waals surface area contributed by atoms with Gasteiger partial charge >= 0.3 is 6.09 Å². The molecule has 0 saturated carbocycles. The van der Waals surface area contributed by atoms with E-state index in [-0.39, 0.29) is 11.1 Å². The SMILES string of the molecule is CC(C)(C)OC(=O)NC[Si@](C)(O[C@H](CCN)Cc1ccccc1)C(C)(C)C. The Morgan fingerprint density at radius 2 is 1.74 bits per heavy atom. The molecule has 0 aliphatic heterocycles. The van der Waals surface area contributed by atoms with Crippen molar-refractivity contribution in [1.82, 2.24) is 5.32 Å². The highest BCUT2D eigenvalue weighted by Crippen LogP contribution is 2.38. The van der Waals surface area contributed by atoms with E-state index in [9.17, 15) is 4.79 Å². The molecule has 2 atom stereocenters. The summed E-state index contributed by atoms with van der Waals surface area (Å²) >= 11 is 0. The summed E-state index contributed by atoms with van der Waals surface area (Å²) in [6, 6.07) is 10.3. The van der Waals surface area contributed by atoms with E-state index in [2.05, 4.69) is 44.8 Å². The molecule has 0 radical (unpaired) electrons. The highest BCUT2D eigenvalue weighted by atomic mass is 28.4. The third-order valence-electron chi connectivity index (χ3n) is 4.78. The van der Waals surface area contributed by atoms with Crippen LogP contribution in [0.3, 0.4) is 0 Å². The Morgan fingerprint density at radius 3 is 2.22 bits per heavy atom. The van der Waals surface area contributed by atoms with Crippen molar-refractivity contribution in [2.24, 2.45) is 5.73 Å². The number of ether oxygens (including phenoxy) is 1. The summed E-state index contributed by atoms with van der Waals surface area (Å²) in [7, 11) is -2.31. The molecule has 1 aromatic rings. The number of nitrogens with one attached hydrogen (secondary N) is 1. The number of hydrogen-bond acceptors (Lipinski definition) is 4. The fourth-order valence-corrected chi connectivity index (χ4v) is 5.06. The predicted octanol–water partition coefficient (Wildman–Crippen LogP) is 4.40. The molecule has 6 heteroatoms. The molecule has 1 aromatic carbocycles. The van der Waals surface area contributed by atoms with Gasteiger partial charge in [0.15, 0.2) is 0 Å². The number of amides is 1. The van der Waals surface area contributed by atoms with Gasteiger partial charge in [0.25, 0.3) is 0 Å². The van der Waals surface area contributed by atoms with Gasteiger partial charge in [0.2, 0.25) is 8.32 Å². The highest BCUT2D eigenvalue weighted by Gasteiger charge is 2.44. The topological polar surface area (TPSA) is 73.6 Å². The largest absolute Gasteiger partial charge is 0.444 e. The Labute approximate surface area is 166 Å². The Hall–Kier alpha value is -1.37. The van der Waals surface area contributed by atoms with Gasteiger partial charge in [0.1, 0.15) is 5.60 Å². The highest BCUT2D eigenvalue weighted by molar-refractivity contribution is 6.75.